The SMILES string of the molecule is CCC(c1nc2ccccc2c(=O)n1-c1cccc(C)c1)N(CC(C)C)C(=O)c1cccc(OC)c1. The van der Waals surface area contributed by atoms with Crippen molar-refractivity contribution in [3.05, 3.63) is 100 Å². The van der Waals surface area contributed by atoms with Crippen molar-refractivity contribution in [1.82, 2.24) is 14.5 Å². The minimum atomic E-state index is -0.413. The van der Waals surface area contributed by atoms with Crippen molar-refractivity contribution in [1.29, 1.82) is 0 Å². The number of para-hydroxylation sites is 1. The number of rotatable bonds is 8. The summed E-state index contributed by atoms with van der Waals surface area (Å²) in [5, 5.41) is 0.548. The molecule has 4 aromatic rings. The summed E-state index contributed by atoms with van der Waals surface area (Å²) in [5.41, 5.74) is 2.80. The average molecular weight is 484 g/mol. The maximum atomic E-state index is 13.9. The Morgan fingerprint density at radius 2 is 1.78 bits per heavy atom. The number of amides is 1. The maximum Gasteiger partial charge on any atom is 0.266 e. The summed E-state index contributed by atoms with van der Waals surface area (Å²) in [7, 11) is 1.59. The molecule has 1 unspecified atom stereocenters. The van der Waals surface area contributed by atoms with Crippen molar-refractivity contribution in [2.45, 2.75) is 40.2 Å². The van der Waals surface area contributed by atoms with Gasteiger partial charge in [-0.1, -0.05) is 51.1 Å². The summed E-state index contributed by atoms with van der Waals surface area (Å²) in [5.74, 6) is 1.28. The number of carbonyl (C=O) groups excluding carboxylic acids is 1. The standard InChI is InChI=1S/C30H33N3O3/c1-6-27(32(19-20(2)3)29(34)22-12-10-14-24(18-22)36-5)28-31-26-16-8-7-15-25(26)30(35)33(28)23-13-9-11-21(4)17-23/h7-18,20,27H,6,19H2,1-5H3. The lowest BCUT2D eigenvalue weighted by Crippen LogP contribution is -2.40. The zero-order valence-electron chi connectivity index (χ0n) is 21.6. The van der Waals surface area contributed by atoms with E-state index in [4.69, 9.17) is 9.72 Å². The molecule has 0 saturated carbocycles. The van der Waals surface area contributed by atoms with Crippen molar-refractivity contribution < 1.29 is 9.53 Å². The van der Waals surface area contributed by atoms with Crippen LogP contribution in [0.5, 0.6) is 5.75 Å². The Morgan fingerprint density at radius 1 is 1.03 bits per heavy atom. The minimum Gasteiger partial charge on any atom is -0.497 e. The second kappa shape index (κ2) is 10.8. The molecule has 6 nitrogen and oxygen atoms in total. The van der Waals surface area contributed by atoms with E-state index in [-0.39, 0.29) is 17.4 Å². The minimum absolute atomic E-state index is 0.118. The molecule has 0 radical (unpaired) electrons. The van der Waals surface area contributed by atoms with E-state index in [0.717, 1.165) is 11.3 Å². The van der Waals surface area contributed by atoms with Gasteiger partial charge in [0.15, 0.2) is 0 Å². The van der Waals surface area contributed by atoms with Crippen LogP contribution in [-0.4, -0.2) is 34.0 Å². The number of hydrogen-bond acceptors (Lipinski definition) is 4. The molecule has 0 fully saturated rings. The third-order valence-corrected chi connectivity index (χ3v) is 6.26. The van der Waals surface area contributed by atoms with Crippen LogP contribution < -0.4 is 10.3 Å². The van der Waals surface area contributed by atoms with E-state index in [1.165, 1.54) is 0 Å². The van der Waals surface area contributed by atoms with Crippen molar-refractivity contribution >= 4 is 16.8 Å². The summed E-state index contributed by atoms with van der Waals surface area (Å²) < 4.78 is 7.04. The molecule has 6 heteroatoms. The van der Waals surface area contributed by atoms with Gasteiger partial charge in [0.05, 0.1) is 29.7 Å². The summed E-state index contributed by atoms with van der Waals surface area (Å²) >= 11 is 0. The highest BCUT2D eigenvalue weighted by Gasteiger charge is 2.30. The van der Waals surface area contributed by atoms with Crippen LogP contribution in [0.2, 0.25) is 0 Å². The van der Waals surface area contributed by atoms with E-state index < -0.39 is 6.04 Å². The van der Waals surface area contributed by atoms with Gasteiger partial charge in [-0.15, -0.1) is 0 Å². The van der Waals surface area contributed by atoms with Crippen LogP contribution in [0.4, 0.5) is 0 Å². The molecule has 1 aromatic heterocycles. The molecule has 1 amide bonds. The first-order valence-corrected chi connectivity index (χ1v) is 12.4. The van der Waals surface area contributed by atoms with Crippen LogP contribution in [0, 0.1) is 12.8 Å². The smallest absolute Gasteiger partial charge is 0.266 e. The molecule has 0 spiro atoms. The summed E-state index contributed by atoms with van der Waals surface area (Å²) in [6, 6.07) is 22.0. The van der Waals surface area contributed by atoms with Gasteiger partial charge in [0, 0.05) is 12.1 Å². The molecular formula is C30H33N3O3. The maximum absolute atomic E-state index is 13.9. The lowest BCUT2D eigenvalue weighted by molar-refractivity contribution is 0.0631. The molecule has 0 aliphatic heterocycles. The number of methoxy groups -OCH3 is 1. The molecule has 186 valence electrons. The topological polar surface area (TPSA) is 64.4 Å². The zero-order valence-corrected chi connectivity index (χ0v) is 21.6. The summed E-state index contributed by atoms with van der Waals surface area (Å²) in [4.78, 5) is 34.6. The Labute approximate surface area is 212 Å². The van der Waals surface area contributed by atoms with Gasteiger partial charge >= 0.3 is 0 Å². The number of carbonyl (C=O) groups is 1. The van der Waals surface area contributed by atoms with Crippen LogP contribution in [0.1, 0.15) is 55.0 Å². The normalized spacial score (nSPS) is 12.1. The summed E-state index contributed by atoms with van der Waals surface area (Å²) in [6.07, 6.45) is 0.596. The quantitative estimate of drug-likeness (QED) is 0.311. The fourth-order valence-corrected chi connectivity index (χ4v) is 4.60. The second-order valence-electron chi connectivity index (χ2n) is 9.47. The van der Waals surface area contributed by atoms with Gasteiger partial charge in [-0.05, 0) is 67.3 Å². The number of aromatic nitrogens is 2. The van der Waals surface area contributed by atoms with Crippen LogP contribution >= 0.6 is 0 Å². The van der Waals surface area contributed by atoms with Gasteiger partial charge in [0.2, 0.25) is 0 Å². The van der Waals surface area contributed by atoms with E-state index in [9.17, 15) is 9.59 Å². The van der Waals surface area contributed by atoms with Gasteiger partial charge in [-0.2, -0.15) is 0 Å². The van der Waals surface area contributed by atoms with Crippen LogP contribution in [-0.2, 0) is 0 Å². The Kier molecular flexibility index (Phi) is 7.53. The highest BCUT2D eigenvalue weighted by Crippen LogP contribution is 2.29. The van der Waals surface area contributed by atoms with Crippen LogP contribution in [0.3, 0.4) is 0 Å². The number of hydrogen-bond donors (Lipinski definition) is 0. The first-order valence-electron chi connectivity index (χ1n) is 12.4. The van der Waals surface area contributed by atoms with Gasteiger partial charge in [0.1, 0.15) is 11.6 Å². The Balaban J connectivity index is 1.95. The zero-order chi connectivity index (χ0) is 25.8. The van der Waals surface area contributed by atoms with E-state index in [1.54, 1.807) is 29.9 Å². The van der Waals surface area contributed by atoms with Gasteiger partial charge in [0.25, 0.3) is 11.5 Å². The Bertz CT molecular complexity index is 1440. The van der Waals surface area contributed by atoms with Crippen LogP contribution in [0.25, 0.3) is 16.6 Å². The van der Waals surface area contributed by atoms with E-state index in [2.05, 4.69) is 13.8 Å². The van der Waals surface area contributed by atoms with Crippen molar-refractivity contribution in [2.24, 2.45) is 5.92 Å². The molecule has 1 heterocycles. The monoisotopic (exact) mass is 483 g/mol. The van der Waals surface area contributed by atoms with Gasteiger partial charge < -0.3 is 9.64 Å². The number of fused-ring (bicyclic) bond motifs is 1. The third-order valence-electron chi connectivity index (χ3n) is 6.26. The Hall–Kier alpha value is -3.93. The van der Waals surface area contributed by atoms with E-state index in [1.807, 2.05) is 73.3 Å². The number of aryl methyl sites for hydroxylation is 1. The second-order valence-corrected chi connectivity index (χ2v) is 9.47. The Morgan fingerprint density at radius 3 is 2.47 bits per heavy atom. The molecule has 0 N–H and O–H groups in total. The number of nitrogens with zero attached hydrogens (tertiary/aromatic N) is 3. The predicted octanol–water partition coefficient (Wildman–Crippen LogP) is 5.95. The molecule has 0 bridgehead atoms. The first kappa shape index (κ1) is 25.2. The van der Waals surface area contributed by atoms with Gasteiger partial charge in [-0.3, -0.25) is 14.2 Å². The lowest BCUT2D eigenvalue weighted by Gasteiger charge is -2.33. The summed E-state index contributed by atoms with van der Waals surface area (Å²) in [6.45, 7) is 8.71. The lowest BCUT2D eigenvalue weighted by atomic mass is 10.0. The molecule has 0 aliphatic carbocycles. The van der Waals surface area contributed by atoms with Gasteiger partial charge in [-0.25, -0.2) is 4.98 Å². The molecule has 4 rings (SSSR count). The third kappa shape index (κ3) is 5.03. The highest BCUT2D eigenvalue weighted by molar-refractivity contribution is 5.95. The van der Waals surface area contributed by atoms with E-state index in [0.29, 0.717) is 41.0 Å². The molecule has 36 heavy (non-hydrogen) atoms. The van der Waals surface area contributed by atoms with Crippen molar-refractivity contribution in [3.63, 3.8) is 0 Å². The fourth-order valence-electron chi connectivity index (χ4n) is 4.60. The molecule has 0 aliphatic rings. The predicted molar refractivity (Wildman–Crippen MR) is 144 cm³/mol. The largest absolute Gasteiger partial charge is 0.497 e. The first-order chi connectivity index (χ1) is 17.3. The highest BCUT2D eigenvalue weighted by atomic mass is 16.5. The average Bonchev–Trinajstić information content (AvgIpc) is 2.88. The fraction of sp³-hybridized carbons (Fsp3) is 0.300. The van der Waals surface area contributed by atoms with Crippen LogP contribution in [0.15, 0.2) is 77.6 Å². The molecular weight excluding hydrogens is 450 g/mol. The molecule has 3 aromatic carbocycles. The number of ether oxygens (including phenoxy) is 1. The van der Waals surface area contributed by atoms with Crippen molar-refractivity contribution in [2.75, 3.05) is 13.7 Å². The molecule has 1 atom stereocenters. The van der Waals surface area contributed by atoms with Crippen molar-refractivity contribution in [3.8, 4) is 11.4 Å². The number of benzene rings is 3. The van der Waals surface area contributed by atoms with E-state index >= 15 is 0 Å². The molecule has 0 saturated heterocycles.